The normalized spacial score (nSPS) is 13.9. The number of hydrogen-bond acceptors (Lipinski definition) is 6. The Morgan fingerprint density at radius 3 is 2.10 bits per heavy atom. The van der Waals surface area contributed by atoms with Crippen molar-refractivity contribution in [2.45, 2.75) is 51.3 Å². The van der Waals surface area contributed by atoms with Crippen molar-refractivity contribution in [1.29, 1.82) is 0 Å². The van der Waals surface area contributed by atoms with Crippen LogP contribution < -0.4 is 16.8 Å². The first-order valence-electron chi connectivity index (χ1n) is 6.21. The fourth-order valence-corrected chi connectivity index (χ4v) is 1.34. The van der Waals surface area contributed by atoms with Crippen molar-refractivity contribution in [3.05, 3.63) is 0 Å². The molecule has 0 spiro atoms. The minimum atomic E-state index is -1.49. The molecule has 0 saturated heterocycles. The van der Waals surface area contributed by atoms with Gasteiger partial charge in [0, 0.05) is 0 Å². The van der Waals surface area contributed by atoms with Crippen molar-refractivity contribution in [1.82, 2.24) is 5.32 Å². The molecule has 9 heteroatoms. The lowest BCUT2D eigenvalue weighted by molar-refractivity contribution is -0.156. The van der Waals surface area contributed by atoms with E-state index in [1.165, 1.54) is 0 Å². The second-order valence-corrected chi connectivity index (χ2v) is 5.47. The van der Waals surface area contributed by atoms with Crippen LogP contribution in [0.3, 0.4) is 0 Å². The Morgan fingerprint density at radius 2 is 1.71 bits per heavy atom. The van der Waals surface area contributed by atoms with Gasteiger partial charge in [-0.3, -0.25) is 14.4 Å². The molecule has 0 aliphatic rings. The number of amides is 2. The monoisotopic (exact) mass is 303 g/mol. The number of primary amides is 1. The maximum atomic E-state index is 11.7. The van der Waals surface area contributed by atoms with Crippen molar-refractivity contribution in [2.75, 3.05) is 0 Å². The third-order valence-corrected chi connectivity index (χ3v) is 2.16. The maximum absolute atomic E-state index is 11.7. The molecule has 120 valence electrons. The molecule has 0 rings (SSSR count). The third kappa shape index (κ3) is 8.58. The summed E-state index contributed by atoms with van der Waals surface area (Å²) in [7, 11) is 0. The van der Waals surface area contributed by atoms with Crippen LogP contribution in [0.5, 0.6) is 0 Å². The first-order chi connectivity index (χ1) is 9.42. The molecular weight excluding hydrogens is 282 g/mol. The molecular formula is C12H21N3O6. The average Bonchev–Trinajstić information content (AvgIpc) is 2.24. The van der Waals surface area contributed by atoms with Gasteiger partial charge in [0.15, 0.2) is 0 Å². The van der Waals surface area contributed by atoms with Crippen molar-refractivity contribution in [3.8, 4) is 0 Å². The van der Waals surface area contributed by atoms with E-state index in [9.17, 15) is 19.2 Å². The van der Waals surface area contributed by atoms with E-state index in [0.29, 0.717) is 0 Å². The number of hydrogen-bond donors (Lipinski definition) is 4. The van der Waals surface area contributed by atoms with Crippen LogP contribution in [0.2, 0.25) is 0 Å². The Balaban J connectivity index is 4.53. The largest absolute Gasteiger partial charge is 0.480 e. The number of carbonyl (C=O) groups is 4. The van der Waals surface area contributed by atoms with Crippen molar-refractivity contribution in [2.24, 2.45) is 11.5 Å². The van der Waals surface area contributed by atoms with Crippen LogP contribution in [0.1, 0.15) is 33.6 Å². The lowest BCUT2D eigenvalue weighted by Crippen LogP contribution is -2.50. The maximum Gasteiger partial charge on any atom is 0.326 e. The molecule has 0 aromatic heterocycles. The highest BCUT2D eigenvalue weighted by Crippen LogP contribution is 2.09. The summed E-state index contributed by atoms with van der Waals surface area (Å²) in [5.74, 6) is -3.88. The van der Waals surface area contributed by atoms with Crippen LogP contribution in [-0.4, -0.2) is 46.5 Å². The van der Waals surface area contributed by atoms with Crippen LogP contribution >= 0.6 is 0 Å². The highest BCUT2D eigenvalue weighted by molar-refractivity contribution is 5.91. The van der Waals surface area contributed by atoms with Crippen molar-refractivity contribution < 1.29 is 29.0 Å². The second kappa shape index (κ2) is 7.58. The fraction of sp³-hybridized carbons (Fsp3) is 0.667. The van der Waals surface area contributed by atoms with E-state index in [2.05, 4.69) is 0 Å². The average molecular weight is 303 g/mol. The van der Waals surface area contributed by atoms with E-state index in [1.54, 1.807) is 20.8 Å². The Hall–Kier alpha value is -2.16. The number of nitrogens with two attached hydrogens (primary N) is 2. The molecule has 0 aliphatic carbocycles. The predicted molar refractivity (Wildman–Crippen MR) is 71.8 cm³/mol. The molecule has 0 aromatic carbocycles. The zero-order valence-electron chi connectivity index (χ0n) is 12.2. The van der Waals surface area contributed by atoms with Crippen LogP contribution in [0.15, 0.2) is 0 Å². The number of carboxylic acid groups (broad SMARTS) is 1. The number of carboxylic acids is 1. The predicted octanol–water partition coefficient (Wildman–Crippen LogP) is -1.51. The lowest BCUT2D eigenvalue weighted by Gasteiger charge is -2.21. The molecule has 0 aromatic rings. The first kappa shape index (κ1) is 18.8. The molecule has 0 unspecified atom stereocenters. The van der Waals surface area contributed by atoms with Gasteiger partial charge in [0.05, 0.1) is 18.9 Å². The quantitative estimate of drug-likeness (QED) is 0.415. The minimum Gasteiger partial charge on any atom is -0.480 e. The Kier molecular flexibility index (Phi) is 6.80. The highest BCUT2D eigenvalue weighted by atomic mass is 16.6. The summed E-state index contributed by atoms with van der Waals surface area (Å²) in [4.78, 5) is 44.7. The van der Waals surface area contributed by atoms with Crippen LogP contribution in [-0.2, 0) is 23.9 Å². The van der Waals surface area contributed by atoms with Gasteiger partial charge in [-0.05, 0) is 20.8 Å². The molecule has 9 nitrogen and oxygen atoms in total. The van der Waals surface area contributed by atoms with Gasteiger partial charge in [0.25, 0.3) is 0 Å². The number of rotatable bonds is 7. The SMILES string of the molecule is CC(C)(C)OC(=O)C[C@H](N)C(=O)N[C@@H](CC(N)=O)C(=O)O. The van der Waals surface area contributed by atoms with Crippen LogP contribution in [0.25, 0.3) is 0 Å². The highest BCUT2D eigenvalue weighted by Gasteiger charge is 2.27. The van der Waals surface area contributed by atoms with Crippen molar-refractivity contribution in [3.63, 3.8) is 0 Å². The topological polar surface area (TPSA) is 162 Å². The van der Waals surface area contributed by atoms with Gasteiger partial charge in [0.1, 0.15) is 11.6 Å². The van der Waals surface area contributed by atoms with Crippen LogP contribution in [0, 0.1) is 0 Å². The van der Waals surface area contributed by atoms with E-state index < -0.39 is 54.3 Å². The summed E-state index contributed by atoms with van der Waals surface area (Å²) >= 11 is 0. The summed E-state index contributed by atoms with van der Waals surface area (Å²) < 4.78 is 4.99. The molecule has 0 saturated carbocycles. The fourth-order valence-electron chi connectivity index (χ4n) is 1.34. The number of ether oxygens (including phenoxy) is 1. The molecule has 21 heavy (non-hydrogen) atoms. The summed E-state index contributed by atoms with van der Waals surface area (Å²) in [6, 6.07) is -2.77. The van der Waals surface area contributed by atoms with Gasteiger partial charge in [-0.2, -0.15) is 0 Å². The van der Waals surface area contributed by atoms with Gasteiger partial charge in [-0.15, -0.1) is 0 Å². The van der Waals surface area contributed by atoms with Crippen LogP contribution in [0.4, 0.5) is 0 Å². The van der Waals surface area contributed by atoms with E-state index in [1.807, 2.05) is 5.32 Å². The van der Waals surface area contributed by atoms with Gasteiger partial charge in [-0.1, -0.05) is 0 Å². The van der Waals surface area contributed by atoms with E-state index in [4.69, 9.17) is 21.3 Å². The third-order valence-electron chi connectivity index (χ3n) is 2.16. The smallest absolute Gasteiger partial charge is 0.326 e. The van der Waals surface area contributed by atoms with E-state index >= 15 is 0 Å². The molecule has 0 heterocycles. The summed E-state index contributed by atoms with van der Waals surface area (Å²) in [5, 5.41) is 10.9. The molecule has 6 N–H and O–H groups in total. The van der Waals surface area contributed by atoms with E-state index in [-0.39, 0.29) is 0 Å². The minimum absolute atomic E-state index is 0.411. The second-order valence-electron chi connectivity index (χ2n) is 5.47. The molecule has 2 atom stereocenters. The molecule has 2 amide bonds. The van der Waals surface area contributed by atoms with Gasteiger partial charge >= 0.3 is 11.9 Å². The Labute approximate surface area is 122 Å². The number of nitrogens with one attached hydrogen (secondary N) is 1. The Bertz CT molecular complexity index is 429. The molecule has 0 bridgehead atoms. The Morgan fingerprint density at radius 1 is 1.19 bits per heavy atom. The molecule has 0 aliphatic heterocycles. The zero-order chi connectivity index (χ0) is 16.8. The molecule has 0 fully saturated rings. The summed E-state index contributed by atoms with van der Waals surface area (Å²) in [6.07, 6.45) is -0.980. The molecule has 0 radical (unpaired) electrons. The van der Waals surface area contributed by atoms with Gasteiger partial charge in [0.2, 0.25) is 11.8 Å². The van der Waals surface area contributed by atoms with Gasteiger partial charge in [-0.25, -0.2) is 4.79 Å². The number of esters is 1. The zero-order valence-corrected chi connectivity index (χ0v) is 12.2. The number of aliphatic carboxylic acids is 1. The standard InChI is InChI=1S/C12H21N3O6/c1-12(2,3)21-9(17)4-6(13)10(18)15-7(11(19)20)5-8(14)16/h6-7H,4-5,13H2,1-3H3,(H2,14,16)(H,15,18)(H,19,20)/t6-,7-/m0/s1. The first-order valence-corrected chi connectivity index (χ1v) is 6.21. The van der Waals surface area contributed by atoms with Crippen molar-refractivity contribution >= 4 is 23.8 Å². The summed E-state index contributed by atoms with van der Waals surface area (Å²) in [6.45, 7) is 4.97. The lowest BCUT2D eigenvalue weighted by atomic mass is 10.1. The van der Waals surface area contributed by atoms with Gasteiger partial charge < -0.3 is 26.6 Å². The summed E-state index contributed by atoms with van der Waals surface area (Å²) in [5.41, 5.74) is 9.65. The number of carbonyl (C=O) groups excluding carboxylic acids is 3. The van der Waals surface area contributed by atoms with E-state index in [0.717, 1.165) is 0 Å².